The fraction of sp³-hybridized carbons (Fsp3) is 0.250. The first-order valence-electron chi connectivity index (χ1n) is 6.70. The molecule has 0 fully saturated rings. The van der Waals surface area contributed by atoms with E-state index in [4.69, 9.17) is 16.3 Å². The van der Waals surface area contributed by atoms with E-state index in [9.17, 15) is 4.39 Å². The van der Waals surface area contributed by atoms with Crippen molar-refractivity contribution in [2.45, 2.75) is 19.9 Å². The Labute approximate surface area is 137 Å². The third-order valence-electron chi connectivity index (χ3n) is 2.88. The maximum Gasteiger partial charge on any atom is 0.142 e. The molecule has 0 amide bonds. The molecule has 0 aliphatic heterocycles. The van der Waals surface area contributed by atoms with Crippen LogP contribution in [0.3, 0.4) is 0 Å². The molecule has 0 heterocycles. The van der Waals surface area contributed by atoms with E-state index in [0.29, 0.717) is 18.2 Å². The van der Waals surface area contributed by atoms with Gasteiger partial charge in [-0.2, -0.15) is 0 Å². The lowest BCUT2D eigenvalue weighted by Crippen LogP contribution is -2.04. The van der Waals surface area contributed by atoms with E-state index < -0.39 is 0 Å². The fourth-order valence-corrected chi connectivity index (χ4v) is 2.41. The van der Waals surface area contributed by atoms with Gasteiger partial charge in [-0.15, -0.1) is 0 Å². The molecule has 0 unspecified atom stereocenters. The minimum atomic E-state index is -0.261. The third-order valence-corrected chi connectivity index (χ3v) is 3.89. The largest absolute Gasteiger partial charge is 0.491 e. The van der Waals surface area contributed by atoms with Crippen LogP contribution in [0.5, 0.6) is 5.75 Å². The molecule has 2 aromatic carbocycles. The van der Waals surface area contributed by atoms with Crippen LogP contribution in [0.4, 0.5) is 10.1 Å². The van der Waals surface area contributed by atoms with Crippen LogP contribution in [0.2, 0.25) is 5.02 Å². The van der Waals surface area contributed by atoms with E-state index in [2.05, 4.69) is 21.2 Å². The first kappa shape index (κ1) is 16.1. The number of nitrogens with one attached hydrogen (secondary N) is 1. The molecule has 0 saturated carbocycles. The van der Waals surface area contributed by atoms with Crippen molar-refractivity contribution in [2.24, 2.45) is 0 Å². The molecule has 5 heteroatoms. The average molecular weight is 373 g/mol. The van der Waals surface area contributed by atoms with Crippen molar-refractivity contribution in [1.29, 1.82) is 0 Å². The maximum atomic E-state index is 13.3. The second-order valence-electron chi connectivity index (χ2n) is 4.58. The molecular formula is C16H16BrClFNO. The van der Waals surface area contributed by atoms with Crippen molar-refractivity contribution >= 4 is 33.2 Å². The van der Waals surface area contributed by atoms with Gasteiger partial charge >= 0.3 is 0 Å². The summed E-state index contributed by atoms with van der Waals surface area (Å²) in [6, 6.07) is 10.0. The Morgan fingerprint density at radius 2 is 2.05 bits per heavy atom. The number of rotatable bonds is 6. The number of halogens is 3. The Balaban J connectivity index is 2.14. The second kappa shape index (κ2) is 7.66. The summed E-state index contributed by atoms with van der Waals surface area (Å²) in [5.41, 5.74) is 1.63. The summed E-state index contributed by atoms with van der Waals surface area (Å²) in [6.45, 7) is 3.16. The summed E-state index contributed by atoms with van der Waals surface area (Å²) in [4.78, 5) is 0. The van der Waals surface area contributed by atoms with Crippen molar-refractivity contribution in [3.8, 4) is 5.75 Å². The minimum Gasteiger partial charge on any atom is -0.491 e. The molecule has 0 atom stereocenters. The molecule has 0 saturated heterocycles. The minimum absolute atomic E-state index is 0.261. The number of anilines is 1. The zero-order valence-corrected chi connectivity index (χ0v) is 14.0. The molecule has 112 valence electrons. The maximum absolute atomic E-state index is 13.3. The molecule has 2 rings (SSSR count). The van der Waals surface area contributed by atoms with E-state index in [1.54, 1.807) is 18.2 Å². The Bertz CT molecular complexity index is 621. The third kappa shape index (κ3) is 4.61. The predicted octanol–water partition coefficient (Wildman–Crippen LogP) is 5.64. The van der Waals surface area contributed by atoms with Gasteiger partial charge < -0.3 is 10.1 Å². The molecule has 1 N–H and O–H groups in total. The van der Waals surface area contributed by atoms with Crippen LogP contribution >= 0.6 is 27.5 Å². The summed E-state index contributed by atoms with van der Waals surface area (Å²) in [5.74, 6) is 0.484. The normalized spacial score (nSPS) is 10.5. The Hall–Kier alpha value is -1.26. The van der Waals surface area contributed by atoms with Crippen molar-refractivity contribution in [1.82, 2.24) is 0 Å². The van der Waals surface area contributed by atoms with Crippen molar-refractivity contribution in [3.63, 3.8) is 0 Å². The van der Waals surface area contributed by atoms with Crippen LogP contribution in [-0.4, -0.2) is 6.61 Å². The van der Waals surface area contributed by atoms with Crippen LogP contribution in [0.25, 0.3) is 0 Å². The standard InChI is InChI=1S/C16H16BrClFNO/c1-2-7-21-16-6-3-12(18)9-15(16)20-10-11-8-13(19)4-5-14(11)17/h3-6,8-9,20H,2,7,10H2,1H3. The highest BCUT2D eigenvalue weighted by Crippen LogP contribution is 2.29. The molecule has 0 aromatic heterocycles. The Morgan fingerprint density at radius 3 is 2.81 bits per heavy atom. The monoisotopic (exact) mass is 371 g/mol. The first-order chi connectivity index (χ1) is 10.1. The van der Waals surface area contributed by atoms with Gasteiger partial charge in [0.25, 0.3) is 0 Å². The van der Waals surface area contributed by atoms with Crippen LogP contribution in [0, 0.1) is 5.82 Å². The van der Waals surface area contributed by atoms with Gasteiger partial charge in [0.1, 0.15) is 11.6 Å². The molecule has 2 aromatic rings. The van der Waals surface area contributed by atoms with E-state index in [0.717, 1.165) is 27.9 Å². The van der Waals surface area contributed by atoms with E-state index in [-0.39, 0.29) is 5.82 Å². The highest BCUT2D eigenvalue weighted by Gasteiger charge is 2.07. The number of ether oxygens (including phenoxy) is 1. The van der Waals surface area contributed by atoms with Crippen LogP contribution < -0.4 is 10.1 Å². The summed E-state index contributed by atoms with van der Waals surface area (Å²) in [6.07, 6.45) is 0.928. The van der Waals surface area contributed by atoms with Crippen LogP contribution in [-0.2, 0) is 6.54 Å². The van der Waals surface area contributed by atoms with Crippen molar-refractivity contribution < 1.29 is 9.13 Å². The lowest BCUT2D eigenvalue weighted by Gasteiger charge is -2.14. The number of benzene rings is 2. The van der Waals surface area contributed by atoms with Gasteiger partial charge in [0.2, 0.25) is 0 Å². The van der Waals surface area contributed by atoms with Crippen molar-refractivity contribution in [2.75, 3.05) is 11.9 Å². The quantitative estimate of drug-likeness (QED) is 0.708. The lowest BCUT2D eigenvalue weighted by atomic mass is 10.2. The zero-order chi connectivity index (χ0) is 15.2. The molecule has 0 radical (unpaired) electrons. The van der Waals surface area contributed by atoms with Crippen molar-refractivity contribution in [3.05, 3.63) is 57.3 Å². The van der Waals surface area contributed by atoms with Crippen LogP contribution in [0.15, 0.2) is 40.9 Å². The lowest BCUT2D eigenvalue weighted by molar-refractivity contribution is 0.319. The zero-order valence-electron chi connectivity index (χ0n) is 11.6. The van der Waals surface area contributed by atoms with E-state index >= 15 is 0 Å². The first-order valence-corrected chi connectivity index (χ1v) is 7.87. The summed E-state index contributed by atoms with van der Waals surface area (Å²) >= 11 is 9.44. The van der Waals surface area contributed by atoms with Gasteiger partial charge in [-0.05, 0) is 48.4 Å². The van der Waals surface area contributed by atoms with Gasteiger partial charge in [0.05, 0.1) is 12.3 Å². The van der Waals surface area contributed by atoms with Gasteiger partial charge in [-0.3, -0.25) is 0 Å². The van der Waals surface area contributed by atoms with Crippen LogP contribution in [0.1, 0.15) is 18.9 Å². The molecule has 0 spiro atoms. The highest BCUT2D eigenvalue weighted by molar-refractivity contribution is 9.10. The van der Waals surface area contributed by atoms with E-state index in [1.165, 1.54) is 12.1 Å². The predicted molar refractivity (Wildman–Crippen MR) is 88.7 cm³/mol. The second-order valence-corrected chi connectivity index (χ2v) is 5.87. The average Bonchev–Trinajstić information content (AvgIpc) is 2.47. The van der Waals surface area contributed by atoms with Gasteiger partial charge in [0, 0.05) is 16.0 Å². The topological polar surface area (TPSA) is 21.3 Å². The smallest absolute Gasteiger partial charge is 0.142 e. The molecule has 0 aliphatic carbocycles. The summed E-state index contributed by atoms with van der Waals surface area (Å²) < 4.78 is 19.8. The highest BCUT2D eigenvalue weighted by atomic mass is 79.9. The molecule has 0 aliphatic rings. The van der Waals surface area contributed by atoms with E-state index in [1.807, 2.05) is 13.0 Å². The molecule has 21 heavy (non-hydrogen) atoms. The number of hydrogen-bond donors (Lipinski definition) is 1. The fourth-order valence-electron chi connectivity index (χ4n) is 1.85. The Morgan fingerprint density at radius 1 is 1.24 bits per heavy atom. The molecular weight excluding hydrogens is 357 g/mol. The summed E-state index contributed by atoms with van der Waals surface area (Å²) in [7, 11) is 0. The Kier molecular flexibility index (Phi) is 5.88. The SMILES string of the molecule is CCCOc1ccc(Cl)cc1NCc1cc(F)ccc1Br. The van der Waals surface area contributed by atoms with Gasteiger partial charge in [0.15, 0.2) is 0 Å². The van der Waals surface area contributed by atoms with Gasteiger partial charge in [-0.1, -0.05) is 34.5 Å². The molecule has 2 nitrogen and oxygen atoms in total. The molecule has 0 bridgehead atoms. The summed E-state index contributed by atoms with van der Waals surface area (Å²) in [5, 5.41) is 3.87. The number of hydrogen-bond acceptors (Lipinski definition) is 2. The van der Waals surface area contributed by atoms with Gasteiger partial charge in [-0.25, -0.2) is 4.39 Å².